The minimum Gasteiger partial charge on any atom is -0.456 e. The van der Waals surface area contributed by atoms with Gasteiger partial charge in [-0.3, -0.25) is 19.7 Å². The Morgan fingerprint density at radius 2 is 2.07 bits per heavy atom. The molecule has 0 aliphatic heterocycles. The molecule has 1 aromatic rings. The van der Waals surface area contributed by atoms with Gasteiger partial charge in [-0.15, -0.1) is 0 Å². The molecule has 0 fully saturated rings. The maximum atomic E-state index is 12.6. The van der Waals surface area contributed by atoms with Crippen LogP contribution in [-0.4, -0.2) is 35.5 Å². The number of halogens is 3. The van der Waals surface area contributed by atoms with E-state index in [-0.39, 0.29) is 11.4 Å². The molecule has 1 unspecified atom stereocenters. The Hall–Kier alpha value is -3.49. The number of hydrogen-bond donors (Lipinski definition) is 2. The fourth-order valence-electron chi connectivity index (χ4n) is 1.87. The second-order valence-electron chi connectivity index (χ2n) is 5.21. The third-order valence-corrected chi connectivity index (χ3v) is 3.20. The summed E-state index contributed by atoms with van der Waals surface area (Å²) < 4.78 is 42.4. The molecule has 0 spiro atoms. The van der Waals surface area contributed by atoms with Crippen molar-refractivity contribution >= 4 is 28.8 Å². The number of Topliss-reactive ketones (excluding diaryl/α,β-unsaturated/α-hetero) is 1. The van der Waals surface area contributed by atoms with Crippen molar-refractivity contribution in [3.8, 4) is 6.07 Å². The molecule has 2 N–H and O–H groups in total. The predicted octanol–water partition coefficient (Wildman–Crippen LogP) is 2.32. The third-order valence-electron chi connectivity index (χ3n) is 3.20. The van der Waals surface area contributed by atoms with Crippen LogP contribution >= 0.6 is 0 Å². The summed E-state index contributed by atoms with van der Waals surface area (Å²) in [5, 5.41) is 29.2. The quantitative estimate of drug-likeness (QED) is 0.302. The summed E-state index contributed by atoms with van der Waals surface area (Å²) in [6.45, 7) is -0.219. The number of rotatable bonds is 8. The number of nitrogens with one attached hydrogen (secondary N) is 2. The van der Waals surface area contributed by atoms with Crippen molar-refractivity contribution in [2.75, 3.05) is 18.5 Å². The first kappa shape index (κ1) is 21.6. The second-order valence-corrected chi connectivity index (χ2v) is 5.21. The van der Waals surface area contributed by atoms with Gasteiger partial charge in [0.05, 0.1) is 16.6 Å². The predicted molar refractivity (Wildman–Crippen MR) is 85.1 cm³/mol. The van der Waals surface area contributed by atoms with Crippen molar-refractivity contribution in [3.63, 3.8) is 0 Å². The highest BCUT2D eigenvalue weighted by Crippen LogP contribution is 2.34. The lowest BCUT2D eigenvalue weighted by molar-refractivity contribution is -0.384. The number of hydrogen-bond acceptors (Lipinski definition) is 8. The lowest BCUT2D eigenvalue weighted by Gasteiger charge is -2.11. The average molecular weight is 386 g/mol. The van der Waals surface area contributed by atoms with Gasteiger partial charge in [-0.25, -0.2) is 0 Å². The highest BCUT2D eigenvalue weighted by Gasteiger charge is 2.33. The van der Waals surface area contributed by atoms with E-state index in [9.17, 15) is 32.9 Å². The highest BCUT2D eigenvalue weighted by molar-refractivity contribution is 6.06. The van der Waals surface area contributed by atoms with E-state index in [1.165, 1.54) is 6.92 Å². The van der Waals surface area contributed by atoms with Crippen LogP contribution in [-0.2, 0) is 20.5 Å². The first-order valence-corrected chi connectivity index (χ1v) is 7.20. The molecule has 0 aliphatic carbocycles. The number of carbonyl (C=O) groups is 2. The van der Waals surface area contributed by atoms with E-state index in [2.05, 4.69) is 10.1 Å². The molecule has 1 atom stereocenters. The molecular formula is C15H13F3N4O5. The molecule has 0 heterocycles. The van der Waals surface area contributed by atoms with E-state index in [1.54, 1.807) is 6.07 Å². The fourth-order valence-corrected chi connectivity index (χ4v) is 1.87. The molecule has 0 amide bonds. The van der Waals surface area contributed by atoms with Crippen molar-refractivity contribution in [2.45, 2.75) is 13.1 Å². The third kappa shape index (κ3) is 6.07. The Balaban J connectivity index is 2.74. The summed E-state index contributed by atoms with van der Waals surface area (Å²) in [7, 11) is 0. The summed E-state index contributed by atoms with van der Waals surface area (Å²) in [5.74, 6) is -3.21. The van der Waals surface area contributed by atoms with Gasteiger partial charge in [0.2, 0.25) is 0 Å². The zero-order chi connectivity index (χ0) is 20.8. The van der Waals surface area contributed by atoms with Crippen LogP contribution in [0.5, 0.6) is 0 Å². The zero-order valence-electron chi connectivity index (χ0n) is 13.8. The summed E-state index contributed by atoms with van der Waals surface area (Å²) in [6.07, 6.45) is -4.77. The van der Waals surface area contributed by atoms with Crippen molar-refractivity contribution in [1.82, 2.24) is 0 Å². The molecule has 144 valence electrons. The SMILES string of the molecule is CC(=N)C(C#N)C(=O)COC(=O)CNc1ccc(C(F)(F)F)cc1[N+](=O)[O-]. The van der Waals surface area contributed by atoms with Gasteiger partial charge in [-0.1, -0.05) is 0 Å². The Kier molecular flexibility index (Phi) is 6.98. The molecule has 0 radical (unpaired) electrons. The van der Waals surface area contributed by atoms with Gasteiger partial charge in [0.1, 0.15) is 18.2 Å². The minimum atomic E-state index is -4.77. The van der Waals surface area contributed by atoms with Gasteiger partial charge < -0.3 is 15.5 Å². The van der Waals surface area contributed by atoms with Crippen LogP contribution in [0.3, 0.4) is 0 Å². The highest BCUT2D eigenvalue weighted by atomic mass is 19.4. The number of esters is 1. The number of benzene rings is 1. The average Bonchev–Trinajstić information content (AvgIpc) is 2.57. The van der Waals surface area contributed by atoms with Gasteiger partial charge >= 0.3 is 12.1 Å². The summed E-state index contributed by atoms with van der Waals surface area (Å²) in [4.78, 5) is 33.1. The van der Waals surface area contributed by atoms with Crippen molar-refractivity contribution in [2.24, 2.45) is 5.92 Å². The molecular weight excluding hydrogens is 373 g/mol. The van der Waals surface area contributed by atoms with Gasteiger partial charge in [-0.2, -0.15) is 18.4 Å². The molecule has 12 heteroatoms. The van der Waals surface area contributed by atoms with Crippen LogP contribution in [0, 0.1) is 32.8 Å². The monoisotopic (exact) mass is 386 g/mol. The standard InChI is InChI=1S/C15H13F3N4O5/c1-8(20)10(5-19)13(23)7-27-14(24)6-21-11-3-2-9(15(16,17)18)4-12(11)22(25)26/h2-4,10,20-21H,6-7H2,1H3. The van der Waals surface area contributed by atoms with Crippen LogP contribution in [0.1, 0.15) is 12.5 Å². The maximum absolute atomic E-state index is 12.6. The Bertz CT molecular complexity index is 817. The molecule has 1 aromatic carbocycles. The van der Waals surface area contributed by atoms with Gasteiger partial charge in [0, 0.05) is 11.8 Å². The topological polar surface area (TPSA) is 146 Å². The summed E-state index contributed by atoms with van der Waals surface area (Å²) >= 11 is 0. The van der Waals surface area contributed by atoms with Crippen LogP contribution in [0.15, 0.2) is 18.2 Å². The van der Waals surface area contributed by atoms with E-state index in [1.807, 2.05) is 0 Å². The molecule has 1 rings (SSSR count). The van der Waals surface area contributed by atoms with Crippen molar-refractivity contribution in [3.05, 3.63) is 33.9 Å². The molecule has 0 saturated heterocycles. The van der Waals surface area contributed by atoms with E-state index in [0.29, 0.717) is 12.1 Å². The lowest BCUT2D eigenvalue weighted by atomic mass is 10.0. The molecule has 0 bridgehead atoms. The van der Waals surface area contributed by atoms with Crippen LogP contribution in [0.25, 0.3) is 0 Å². The van der Waals surface area contributed by atoms with Crippen molar-refractivity contribution in [1.29, 1.82) is 10.7 Å². The summed E-state index contributed by atoms with van der Waals surface area (Å²) in [5.41, 5.74) is -2.69. The molecule has 0 aliphatic rings. The lowest BCUT2D eigenvalue weighted by Crippen LogP contribution is -2.27. The first-order valence-electron chi connectivity index (χ1n) is 7.20. The number of ether oxygens (including phenoxy) is 1. The normalized spacial score (nSPS) is 11.8. The van der Waals surface area contributed by atoms with E-state index in [4.69, 9.17) is 10.7 Å². The maximum Gasteiger partial charge on any atom is 0.416 e. The van der Waals surface area contributed by atoms with Crippen LogP contribution in [0.4, 0.5) is 24.5 Å². The number of alkyl halides is 3. The number of carbonyl (C=O) groups excluding carboxylic acids is 2. The number of nitrogens with zero attached hydrogens (tertiary/aromatic N) is 2. The zero-order valence-corrected chi connectivity index (χ0v) is 13.8. The van der Waals surface area contributed by atoms with Gasteiger partial charge in [0.15, 0.2) is 12.4 Å². The Morgan fingerprint density at radius 3 is 2.56 bits per heavy atom. The van der Waals surface area contributed by atoms with Gasteiger partial charge in [-0.05, 0) is 19.1 Å². The molecule has 0 saturated carbocycles. The van der Waals surface area contributed by atoms with Gasteiger partial charge in [0.25, 0.3) is 5.69 Å². The first-order chi connectivity index (χ1) is 12.5. The second kappa shape index (κ2) is 8.75. The Labute approximate surface area is 150 Å². The number of anilines is 1. The van der Waals surface area contributed by atoms with E-state index >= 15 is 0 Å². The molecule has 27 heavy (non-hydrogen) atoms. The van der Waals surface area contributed by atoms with Crippen LogP contribution in [0.2, 0.25) is 0 Å². The fraction of sp³-hybridized carbons (Fsp3) is 0.333. The largest absolute Gasteiger partial charge is 0.456 e. The Morgan fingerprint density at radius 1 is 1.44 bits per heavy atom. The summed E-state index contributed by atoms with van der Waals surface area (Å²) in [6, 6.07) is 3.29. The number of nitro benzene ring substituents is 1. The molecule has 9 nitrogen and oxygen atoms in total. The smallest absolute Gasteiger partial charge is 0.416 e. The number of ketones is 1. The minimum absolute atomic E-state index is 0.225. The van der Waals surface area contributed by atoms with Crippen LogP contribution < -0.4 is 5.32 Å². The molecule has 0 aromatic heterocycles. The van der Waals surface area contributed by atoms with Crippen molar-refractivity contribution < 1.29 is 32.4 Å². The van der Waals surface area contributed by atoms with E-state index in [0.717, 1.165) is 6.07 Å². The van der Waals surface area contributed by atoms with E-state index < -0.39 is 53.2 Å². The number of nitro groups is 1. The number of nitriles is 1.